The first-order chi connectivity index (χ1) is 7.37. The quantitative estimate of drug-likeness (QED) is 0.761. The van der Waals surface area contributed by atoms with Crippen LogP contribution in [0.3, 0.4) is 0 Å². The van der Waals surface area contributed by atoms with E-state index in [0.717, 1.165) is 17.1 Å². The predicted octanol–water partition coefficient (Wildman–Crippen LogP) is 2.79. The van der Waals surface area contributed by atoms with Gasteiger partial charge in [-0.15, -0.1) is 11.3 Å². The number of carbonyl (C=O) groups excluding carboxylic acids is 1. The first-order valence-electron chi connectivity index (χ1n) is 5.41. The molecule has 0 fully saturated rings. The maximum atomic E-state index is 11.6. The van der Waals surface area contributed by atoms with Crippen LogP contribution in [0.1, 0.15) is 38.4 Å². The van der Waals surface area contributed by atoms with E-state index in [9.17, 15) is 4.79 Å². The molecule has 0 radical (unpaired) electrons. The van der Waals surface area contributed by atoms with E-state index < -0.39 is 5.41 Å². The minimum Gasteiger partial charge on any atom is -0.468 e. The van der Waals surface area contributed by atoms with Gasteiger partial charge in [-0.25, -0.2) is 4.98 Å². The molecule has 0 saturated heterocycles. The van der Waals surface area contributed by atoms with Crippen LogP contribution in [0.4, 0.5) is 0 Å². The fraction of sp³-hybridized carbons (Fsp3) is 0.667. The van der Waals surface area contributed by atoms with E-state index in [1.807, 2.05) is 19.2 Å². The lowest BCUT2D eigenvalue weighted by atomic mass is 9.95. The lowest BCUT2D eigenvalue weighted by molar-refractivity contribution is -0.146. The molecule has 4 heteroatoms. The van der Waals surface area contributed by atoms with E-state index in [4.69, 9.17) is 4.74 Å². The van der Waals surface area contributed by atoms with Crippen LogP contribution in [0, 0.1) is 5.92 Å². The zero-order valence-electron chi connectivity index (χ0n) is 10.5. The highest BCUT2D eigenvalue weighted by Crippen LogP contribution is 2.28. The highest BCUT2D eigenvalue weighted by Gasteiger charge is 2.34. The zero-order valence-corrected chi connectivity index (χ0v) is 11.4. The lowest BCUT2D eigenvalue weighted by Gasteiger charge is -2.18. The van der Waals surface area contributed by atoms with Crippen molar-refractivity contribution >= 4 is 17.3 Å². The minimum atomic E-state index is -0.644. The van der Waals surface area contributed by atoms with Crippen LogP contribution in [0.2, 0.25) is 0 Å². The Morgan fingerprint density at radius 3 is 2.69 bits per heavy atom. The van der Waals surface area contributed by atoms with Crippen molar-refractivity contribution in [1.29, 1.82) is 0 Å². The van der Waals surface area contributed by atoms with Crippen molar-refractivity contribution in [2.24, 2.45) is 5.92 Å². The molecule has 0 bridgehead atoms. The SMILES string of the molecule is COC(=O)C(C)(C)c1nc(CC(C)C)cs1. The average Bonchev–Trinajstić information content (AvgIpc) is 2.64. The zero-order chi connectivity index (χ0) is 12.3. The predicted molar refractivity (Wildman–Crippen MR) is 65.7 cm³/mol. The number of hydrogen-bond acceptors (Lipinski definition) is 4. The number of thiazole rings is 1. The number of ether oxygens (including phenoxy) is 1. The third kappa shape index (κ3) is 2.82. The average molecular weight is 241 g/mol. The van der Waals surface area contributed by atoms with Crippen molar-refractivity contribution in [3.05, 3.63) is 16.1 Å². The van der Waals surface area contributed by atoms with Gasteiger partial charge < -0.3 is 4.74 Å². The Bertz CT molecular complexity index is 369. The Hall–Kier alpha value is -0.900. The number of esters is 1. The Kier molecular flexibility index (Phi) is 4.08. The Morgan fingerprint density at radius 2 is 2.19 bits per heavy atom. The molecule has 0 aliphatic heterocycles. The van der Waals surface area contributed by atoms with Gasteiger partial charge in [-0.1, -0.05) is 13.8 Å². The lowest BCUT2D eigenvalue weighted by Crippen LogP contribution is -2.30. The van der Waals surface area contributed by atoms with Crippen molar-refractivity contribution in [3.63, 3.8) is 0 Å². The molecule has 1 aromatic rings. The van der Waals surface area contributed by atoms with Crippen LogP contribution in [0.15, 0.2) is 5.38 Å². The third-order valence-electron chi connectivity index (χ3n) is 2.40. The smallest absolute Gasteiger partial charge is 0.318 e. The van der Waals surface area contributed by atoms with Gasteiger partial charge in [0.05, 0.1) is 12.8 Å². The Balaban J connectivity index is 2.88. The second-order valence-corrected chi connectivity index (χ2v) is 5.72. The number of aromatic nitrogens is 1. The van der Waals surface area contributed by atoms with E-state index in [1.54, 1.807) is 0 Å². The van der Waals surface area contributed by atoms with Crippen molar-refractivity contribution in [3.8, 4) is 0 Å². The molecule has 0 aromatic carbocycles. The fourth-order valence-corrected chi connectivity index (χ4v) is 2.39. The first kappa shape index (κ1) is 13.2. The topological polar surface area (TPSA) is 39.2 Å². The molecule has 3 nitrogen and oxygen atoms in total. The Labute approximate surface area is 101 Å². The van der Waals surface area contributed by atoms with Gasteiger partial charge in [0.15, 0.2) is 0 Å². The molecule has 0 saturated carbocycles. The van der Waals surface area contributed by atoms with Crippen molar-refractivity contribution in [2.75, 3.05) is 7.11 Å². The summed E-state index contributed by atoms with van der Waals surface area (Å²) in [4.78, 5) is 16.1. The molecule has 0 N–H and O–H groups in total. The van der Waals surface area contributed by atoms with Crippen molar-refractivity contribution < 1.29 is 9.53 Å². The highest BCUT2D eigenvalue weighted by atomic mass is 32.1. The number of methoxy groups -OCH3 is 1. The monoisotopic (exact) mass is 241 g/mol. The third-order valence-corrected chi connectivity index (χ3v) is 3.61. The molecule has 0 aliphatic carbocycles. The summed E-state index contributed by atoms with van der Waals surface area (Å²) >= 11 is 1.53. The summed E-state index contributed by atoms with van der Waals surface area (Å²) in [5.74, 6) is 0.342. The van der Waals surface area contributed by atoms with E-state index in [1.165, 1.54) is 18.4 Å². The highest BCUT2D eigenvalue weighted by molar-refractivity contribution is 7.10. The standard InChI is InChI=1S/C12H19NO2S/c1-8(2)6-9-7-16-10(13-9)12(3,4)11(14)15-5/h7-8H,6H2,1-5H3. The second-order valence-electron chi connectivity index (χ2n) is 4.86. The summed E-state index contributed by atoms with van der Waals surface area (Å²) in [5, 5.41) is 2.86. The molecule has 0 unspecified atom stereocenters. The van der Waals surface area contributed by atoms with Crippen LogP contribution >= 0.6 is 11.3 Å². The van der Waals surface area contributed by atoms with Gasteiger partial charge in [0, 0.05) is 5.38 Å². The summed E-state index contributed by atoms with van der Waals surface area (Å²) < 4.78 is 4.79. The molecular formula is C12H19NO2S. The van der Waals surface area contributed by atoms with Gasteiger partial charge >= 0.3 is 5.97 Å². The van der Waals surface area contributed by atoms with Gasteiger partial charge in [-0.3, -0.25) is 4.79 Å². The number of carbonyl (C=O) groups is 1. The van der Waals surface area contributed by atoms with E-state index in [-0.39, 0.29) is 5.97 Å². The molecule has 0 amide bonds. The largest absolute Gasteiger partial charge is 0.468 e. The number of nitrogens with zero attached hydrogens (tertiary/aromatic N) is 1. The van der Waals surface area contributed by atoms with Crippen LogP contribution in [-0.2, 0) is 21.4 Å². The van der Waals surface area contributed by atoms with Gasteiger partial charge in [-0.05, 0) is 26.2 Å². The molecule has 0 atom stereocenters. The van der Waals surface area contributed by atoms with Crippen molar-refractivity contribution in [2.45, 2.75) is 39.5 Å². The van der Waals surface area contributed by atoms with Gasteiger partial charge in [-0.2, -0.15) is 0 Å². The second kappa shape index (κ2) is 4.95. The van der Waals surface area contributed by atoms with E-state index in [2.05, 4.69) is 18.8 Å². The van der Waals surface area contributed by atoms with Crippen LogP contribution in [0.25, 0.3) is 0 Å². The molecule has 1 rings (SSSR count). The summed E-state index contributed by atoms with van der Waals surface area (Å²) in [5.41, 5.74) is 0.418. The molecule has 0 aliphatic rings. The fourth-order valence-electron chi connectivity index (χ4n) is 1.45. The minimum absolute atomic E-state index is 0.238. The van der Waals surface area contributed by atoms with Gasteiger partial charge in [0.1, 0.15) is 10.4 Å². The van der Waals surface area contributed by atoms with E-state index >= 15 is 0 Å². The maximum absolute atomic E-state index is 11.6. The van der Waals surface area contributed by atoms with Crippen LogP contribution < -0.4 is 0 Å². The molecular weight excluding hydrogens is 222 g/mol. The molecule has 0 spiro atoms. The van der Waals surface area contributed by atoms with Crippen LogP contribution in [-0.4, -0.2) is 18.1 Å². The van der Waals surface area contributed by atoms with Crippen LogP contribution in [0.5, 0.6) is 0 Å². The molecule has 90 valence electrons. The van der Waals surface area contributed by atoms with Gasteiger partial charge in [0.25, 0.3) is 0 Å². The number of hydrogen-bond donors (Lipinski definition) is 0. The van der Waals surface area contributed by atoms with Gasteiger partial charge in [0.2, 0.25) is 0 Å². The molecule has 1 aromatic heterocycles. The number of rotatable bonds is 4. The maximum Gasteiger partial charge on any atom is 0.318 e. The normalized spacial score (nSPS) is 11.9. The summed E-state index contributed by atoms with van der Waals surface area (Å²) in [6.45, 7) is 8.00. The summed E-state index contributed by atoms with van der Waals surface area (Å²) in [7, 11) is 1.41. The molecule has 1 heterocycles. The summed E-state index contributed by atoms with van der Waals surface area (Å²) in [6, 6.07) is 0. The van der Waals surface area contributed by atoms with E-state index in [0.29, 0.717) is 5.92 Å². The first-order valence-corrected chi connectivity index (χ1v) is 6.29. The molecule has 16 heavy (non-hydrogen) atoms. The Morgan fingerprint density at radius 1 is 1.56 bits per heavy atom. The summed E-state index contributed by atoms with van der Waals surface area (Å²) in [6.07, 6.45) is 0.952. The van der Waals surface area contributed by atoms with Crippen molar-refractivity contribution in [1.82, 2.24) is 4.98 Å².